The third-order valence-corrected chi connectivity index (χ3v) is 3.22. The lowest BCUT2D eigenvalue weighted by atomic mass is 9.92. The van der Waals surface area contributed by atoms with Crippen LogP contribution in [0, 0.1) is 0 Å². The highest BCUT2D eigenvalue weighted by molar-refractivity contribution is 7.29. The van der Waals surface area contributed by atoms with Gasteiger partial charge in [-0.15, -0.1) is 5.17 Å². The first kappa shape index (κ1) is 10.3. The van der Waals surface area contributed by atoms with Gasteiger partial charge < -0.3 is 0 Å². The maximum absolute atomic E-state index is 5.56. The Morgan fingerprint density at radius 1 is 1.36 bits per heavy atom. The predicted molar refractivity (Wildman–Crippen MR) is 55.8 cm³/mol. The van der Waals surface area contributed by atoms with Gasteiger partial charge in [0.05, 0.1) is 6.04 Å². The fraction of sp³-hybridized carbons (Fsp3) is 1.00. The van der Waals surface area contributed by atoms with Crippen LogP contribution in [0.15, 0.2) is 10.3 Å². The largest absolute Gasteiger partial charge is 0.267 e. The molecule has 5 nitrogen and oxygen atoms in total. The molecule has 1 aliphatic carbocycles. The molecule has 3 unspecified atom stereocenters. The third-order valence-electron chi connectivity index (χ3n) is 2.58. The number of nitrogens with zero attached hydrogens (tertiary/aromatic N) is 4. The summed E-state index contributed by atoms with van der Waals surface area (Å²) in [5.41, 5.74) is 0. The highest BCUT2D eigenvalue weighted by Gasteiger charge is 2.35. The van der Waals surface area contributed by atoms with E-state index in [1.807, 2.05) is 18.8 Å². The van der Waals surface area contributed by atoms with Crippen molar-refractivity contribution in [1.82, 2.24) is 9.84 Å². The Balaban J connectivity index is 1.85. The van der Waals surface area contributed by atoms with Gasteiger partial charge in [-0.1, -0.05) is 12.8 Å². The van der Waals surface area contributed by atoms with E-state index in [0.717, 1.165) is 6.42 Å². The Morgan fingerprint density at radius 3 is 2.93 bits per heavy atom. The molecule has 1 heterocycles. The van der Waals surface area contributed by atoms with Gasteiger partial charge in [-0.25, -0.2) is 4.62 Å². The summed E-state index contributed by atoms with van der Waals surface area (Å²) >= 11 is 0. The van der Waals surface area contributed by atoms with Gasteiger partial charge in [0, 0.05) is 0 Å². The normalized spacial score (nSPS) is 32.1. The van der Waals surface area contributed by atoms with Crippen molar-refractivity contribution in [2.45, 2.75) is 37.8 Å². The number of hydrogen-bond acceptors (Lipinski definition) is 5. The van der Waals surface area contributed by atoms with Gasteiger partial charge >= 0.3 is 0 Å². The van der Waals surface area contributed by atoms with Crippen LogP contribution in [0.1, 0.15) is 25.7 Å². The molecule has 0 aromatic heterocycles. The second kappa shape index (κ2) is 4.51. The van der Waals surface area contributed by atoms with Crippen molar-refractivity contribution in [3.63, 3.8) is 0 Å². The molecule has 6 heteroatoms. The van der Waals surface area contributed by atoms with Gasteiger partial charge in [-0.3, -0.25) is 4.67 Å². The van der Waals surface area contributed by atoms with Crippen LogP contribution < -0.4 is 0 Å². The fourth-order valence-electron chi connectivity index (χ4n) is 1.88. The molecule has 0 N–H and O–H groups in total. The molecule has 3 atom stereocenters. The zero-order valence-corrected chi connectivity index (χ0v) is 9.68. The predicted octanol–water partition coefficient (Wildman–Crippen LogP) is 1.98. The van der Waals surface area contributed by atoms with E-state index in [-0.39, 0.29) is 0 Å². The van der Waals surface area contributed by atoms with E-state index in [4.69, 9.17) is 4.62 Å². The minimum atomic E-state index is 0.332. The molecule has 0 saturated heterocycles. The molecule has 14 heavy (non-hydrogen) atoms. The summed E-state index contributed by atoms with van der Waals surface area (Å²) in [6, 6.07) is 0.784. The van der Waals surface area contributed by atoms with E-state index >= 15 is 0 Å². The molecule has 2 aliphatic rings. The summed E-state index contributed by atoms with van der Waals surface area (Å²) in [5.74, 6) is 0. The van der Waals surface area contributed by atoms with Gasteiger partial charge in [0.2, 0.25) is 0 Å². The Bertz CT molecular complexity index is 223. The molecule has 0 radical (unpaired) electrons. The van der Waals surface area contributed by atoms with Crippen molar-refractivity contribution in [3.8, 4) is 0 Å². The van der Waals surface area contributed by atoms with Crippen LogP contribution in [0.4, 0.5) is 0 Å². The monoisotopic (exact) mass is 216 g/mol. The molecule has 0 spiro atoms. The summed E-state index contributed by atoms with van der Waals surface area (Å²) in [6.07, 6.45) is 4.88. The minimum Gasteiger partial charge on any atom is -0.267 e. The van der Waals surface area contributed by atoms with Crippen molar-refractivity contribution in [1.29, 1.82) is 0 Å². The first-order chi connectivity index (χ1) is 6.77. The van der Waals surface area contributed by atoms with Crippen LogP contribution in [0.2, 0.25) is 0 Å². The lowest BCUT2D eigenvalue weighted by molar-refractivity contribution is -0.0832. The van der Waals surface area contributed by atoms with E-state index in [1.165, 1.54) is 19.3 Å². The van der Waals surface area contributed by atoms with Crippen molar-refractivity contribution in [2.75, 3.05) is 14.1 Å². The topological polar surface area (TPSA) is 40.4 Å². The average Bonchev–Trinajstić information content (AvgIpc) is 2.58. The fourth-order valence-corrected chi connectivity index (χ4v) is 2.30. The summed E-state index contributed by atoms with van der Waals surface area (Å²) in [5, 5.41) is 10.0. The van der Waals surface area contributed by atoms with E-state index in [1.54, 1.807) is 5.17 Å². The molecular weight excluding hydrogens is 199 g/mol. The van der Waals surface area contributed by atoms with Crippen LogP contribution in [-0.2, 0) is 4.62 Å². The van der Waals surface area contributed by atoms with Gasteiger partial charge in [0.25, 0.3) is 0 Å². The summed E-state index contributed by atoms with van der Waals surface area (Å²) < 4.78 is 7.57. The smallest absolute Gasteiger partial charge is 0.124 e. The van der Waals surface area contributed by atoms with Crippen LogP contribution >= 0.6 is 8.96 Å². The van der Waals surface area contributed by atoms with Crippen molar-refractivity contribution >= 4 is 8.96 Å². The maximum atomic E-state index is 5.56. The molecule has 2 rings (SSSR count). The molecule has 0 amide bonds. The van der Waals surface area contributed by atoms with Crippen LogP contribution in [0.25, 0.3) is 0 Å². The molecular formula is C8H17N4OP. The SMILES string of the molecule is CN(C)PON1N=NC2CCCCC21. The highest BCUT2D eigenvalue weighted by Crippen LogP contribution is 2.33. The van der Waals surface area contributed by atoms with Crippen molar-refractivity contribution < 1.29 is 4.62 Å². The second-order valence-corrected chi connectivity index (χ2v) is 5.26. The van der Waals surface area contributed by atoms with Crippen LogP contribution in [0.3, 0.4) is 0 Å². The summed E-state index contributed by atoms with van der Waals surface area (Å²) in [6.45, 7) is 0. The van der Waals surface area contributed by atoms with Gasteiger partial charge in [0.15, 0.2) is 0 Å². The molecule has 80 valence electrons. The van der Waals surface area contributed by atoms with Crippen molar-refractivity contribution in [3.05, 3.63) is 0 Å². The lowest BCUT2D eigenvalue weighted by Gasteiger charge is -2.28. The average molecular weight is 216 g/mol. The minimum absolute atomic E-state index is 0.332. The molecule has 1 saturated carbocycles. The molecule has 1 aliphatic heterocycles. The zero-order valence-electron chi connectivity index (χ0n) is 8.68. The van der Waals surface area contributed by atoms with Crippen LogP contribution in [0.5, 0.6) is 0 Å². The Kier molecular flexibility index (Phi) is 3.31. The first-order valence-corrected chi connectivity index (χ1v) is 5.93. The molecule has 1 fully saturated rings. The third kappa shape index (κ3) is 2.22. The number of hydroxylamine groups is 1. The summed E-state index contributed by atoms with van der Waals surface area (Å²) in [4.78, 5) is 0. The van der Waals surface area contributed by atoms with E-state index in [2.05, 4.69) is 10.3 Å². The van der Waals surface area contributed by atoms with Crippen molar-refractivity contribution in [2.24, 2.45) is 10.3 Å². The first-order valence-electron chi connectivity index (χ1n) is 5.07. The molecule has 0 aromatic rings. The van der Waals surface area contributed by atoms with E-state index in [9.17, 15) is 0 Å². The Hall–Kier alpha value is -0.250. The number of rotatable bonds is 3. The van der Waals surface area contributed by atoms with Gasteiger partial charge in [-0.05, 0) is 32.2 Å². The van der Waals surface area contributed by atoms with Crippen LogP contribution in [-0.4, -0.2) is 36.0 Å². The number of hydrogen-bond donors (Lipinski definition) is 0. The standard InChI is InChI=1S/C8H17N4OP/c1-11(2)14-13-12-8-6-4-3-5-7(8)9-10-12/h7-8,14H,3-6H2,1-2H3. The van der Waals surface area contributed by atoms with Gasteiger partial charge in [0.1, 0.15) is 15.0 Å². The van der Waals surface area contributed by atoms with E-state index < -0.39 is 0 Å². The quantitative estimate of drug-likeness (QED) is 0.677. The van der Waals surface area contributed by atoms with E-state index in [0.29, 0.717) is 21.0 Å². The maximum Gasteiger partial charge on any atom is 0.124 e. The highest BCUT2D eigenvalue weighted by atomic mass is 31.1. The second-order valence-electron chi connectivity index (χ2n) is 4.00. The molecule has 0 aromatic carbocycles. The molecule has 0 bridgehead atoms. The zero-order chi connectivity index (χ0) is 9.97. The number of fused-ring (bicyclic) bond motifs is 1. The Morgan fingerprint density at radius 2 is 2.14 bits per heavy atom. The summed E-state index contributed by atoms with van der Waals surface area (Å²) in [7, 11) is 4.31. The Labute approximate surface area is 86.3 Å². The van der Waals surface area contributed by atoms with Gasteiger partial charge in [-0.2, -0.15) is 5.11 Å². The lowest BCUT2D eigenvalue weighted by Crippen LogP contribution is -2.36.